The van der Waals surface area contributed by atoms with E-state index in [2.05, 4.69) is 32.9 Å². The molecule has 0 amide bonds. The predicted octanol–water partition coefficient (Wildman–Crippen LogP) is 24.0. The summed E-state index contributed by atoms with van der Waals surface area (Å²) < 4.78 is 16.8. The van der Waals surface area contributed by atoms with Gasteiger partial charge in [-0.3, -0.25) is 14.4 Å². The van der Waals surface area contributed by atoms with Gasteiger partial charge in [0.05, 0.1) is 0 Å². The first-order chi connectivity index (χ1) is 38.0. The number of hydrogen-bond donors (Lipinski definition) is 0. The average Bonchev–Trinajstić information content (AvgIpc) is 3.43. The van der Waals surface area contributed by atoms with Crippen molar-refractivity contribution >= 4 is 17.9 Å². The first-order valence-corrected chi connectivity index (χ1v) is 35.2. The average molecular weight is 1090 g/mol. The highest BCUT2D eigenvalue weighted by atomic mass is 16.6. The molecule has 0 saturated carbocycles. The van der Waals surface area contributed by atoms with E-state index in [-0.39, 0.29) is 31.1 Å². The Morgan fingerprint density at radius 2 is 0.429 bits per heavy atom. The number of allylic oxidation sites excluding steroid dienone is 2. The van der Waals surface area contributed by atoms with E-state index in [1.807, 2.05) is 0 Å². The maximum absolute atomic E-state index is 12.8. The van der Waals surface area contributed by atoms with Gasteiger partial charge >= 0.3 is 17.9 Å². The summed E-state index contributed by atoms with van der Waals surface area (Å²) in [5.41, 5.74) is 0. The Kier molecular flexibility index (Phi) is 65.1. The molecule has 77 heavy (non-hydrogen) atoms. The van der Waals surface area contributed by atoms with E-state index in [4.69, 9.17) is 14.2 Å². The molecule has 0 fully saturated rings. The minimum absolute atomic E-state index is 0.0630. The third-order valence-electron chi connectivity index (χ3n) is 16.3. The molecule has 0 radical (unpaired) electrons. The zero-order chi connectivity index (χ0) is 55.7. The van der Waals surface area contributed by atoms with Gasteiger partial charge in [-0.15, -0.1) is 0 Å². The Morgan fingerprint density at radius 3 is 0.649 bits per heavy atom. The van der Waals surface area contributed by atoms with Crippen molar-refractivity contribution < 1.29 is 28.6 Å². The van der Waals surface area contributed by atoms with Gasteiger partial charge in [0.25, 0.3) is 0 Å². The van der Waals surface area contributed by atoms with Crippen LogP contribution in [0.5, 0.6) is 0 Å². The number of rotatable bonds is 66. The van der Waals surface area contributed by atoms with Gasteiger partial charge in [-0.05, 0) is 44.9 Å². The maximum Gasteiger partial charge on any atom is 0.306 e. The zero-order valence-electron chi connectivity index (χ0n) is 52.5. The minimum Gasteiger partial charge on any atom is -0.462 e. The summed E-state index contributed by atoms with van der Waals surface area (Å²) in [7, 11) is 0. The number of carbonyl (C=O) groups excluding carboxylic acids is 3. The van der Waals surface area contributed by atoms with E-state index in [1.54, 1.807) is 0 Å². The van der Waals surface area contributed by atoms with Gasteiger partial charge in [-0.25, -0.2) is 0 Å². The Bertz CT molecular complexity index is 1200. The van der Waals surface area contributed by atoms with Crippen LogP contribution in [0.4, 0.5) is 0 Å². The standard InChI is InChI=1S/C71H136O6/c1-4-7-10-13-16-18-20-22-24-26-28-29-30-31-32-33-34-35-36-37-38-39-40-41-42-43-44-46-47-49-51-53-55-58-61-64-70(73)76-67-68(66-75-69(72)63-60-57-15-12-9-6-3)77-71(74)65-62-59-56-54-52-50-48-45-27-25-23-21-19-17-14-11-8-5-2/h26,28,68H,4-25,27,29-67H2,1-3H3/b28-26-. The molecule has 6 heteroatoms. The normalized spacial score (nSPS) is 12.0. The summed E-state index contributed by atoms with van der Waals surface area (Å²) in [6, 6.07) is 0. The lowest BCUT2D eigenvalue weighted by molar-refractivity contribution is -0.167. The lowest BCUT2D eigenvalue weighted by Crippen LogP contribution is -2.30. The van der Waals surface area contributed by atoms with Crippen LogP contribution in [0.1, 0.15) is 406 Å². The molecule has 456 valence electrons. The van der Waals surface area contributed by atoms with Crippen molar-refractivity contribution in [2.24, 2.45) is 0 Å². The van der Waals surface area contributed by atoms with Crippen LogP contribution in [-0.4, -0.2) is 37.2 Å². The monoisotopic (exact) mass is 1090 g/mol. The third-order valence-corrected chi connectivity index (χ3v) is 16.3. The molecular weight excluding hydrogens is 949 g/mol. The van der Waals surface area contributed by atoms with E-state index in [0.717, 1.165) is 57.8 Å². The van der Waals surface area contributed by atoms with Gasteiger partial charge in [0.1, 0.15) is 13.2 Å². The second-order valence-corrected chi connectivity index (χ2v) is 24.2. The summed E-state index contributed by atoms with van der Waals surface area (Å²) in [5.74, 6) is -0.843. The highest BCUT2D eigenvalue weighted by Gasteiger charge is 2.19. The molecule has 0 bridgehead atoms. The molecule has 0 N–H and O–H groups in total. The van der Waals surface area contributed by atoms with Gasteiger partial charge in [0.15, 0.2) is 6.10 Å². The fraction of sp³-hybridized carbons (Fsp3) is 0.930. The summed E-state index contributed by atoms with van der Waals surface area (Å²) in [6.07, 6.45) is 80.2. The Morgan fingerprint density at radius 1 is 0.247 bits per heavy atom. The quantitative estimate of drug-likeness (QED) is 0.0261. The van der Waals surface area contributed by atoms with E-state index in [9.17, 15) is 14.4 Å². The summed E-state index contributed by atoms with van der Waals surface area (Å²) in [6.45, 7) is 6.66. The molecule has 6 nitrogen and oxygen atoms in total. The topological polar surface area (TPSA) is 78.9 Å². The van der Waals surface area contributed by atoms with Crippen molar-refractivity contribution in [3.05, 3.63) is 12.2 Å². The number of unbranched alkanes of at least 4 members (excludes halogenated alkanes) is 53. The highest BCUT2D eigenvalue weighted by molar-refractivity contribution is 5.71. The van der Waals surface area contributed by atoms with Crippen molar-refractivity contribution in [2.75, 3.05) is 13.2 Å². The summed E-state index contributed by atoms with van der Waals surface area (Å²) in [4.78, 5) is 38.0. The second-order valence-electron chi connectivity index (χ2n) is 24.2. The fourth-order valence-corrected chi connectivity index (χ4v) is 11.0. The van der Waals surface area contributed by atoms with Crippen LogP contribution >= 0.6 is 0 Å². The van der Waals surface area contributed by atoms with Crippen molar-refractivity contribution in [1.29, 1.82) is 0 Å². The maximum atomic E-state index is 12.8. The fourth-order valence-electron chi connectivity index (χ4n) is 11.0. The van der Waals surface area contributed by atoms with Gasteiger partial charge < -0.3 is 14.2 Å². The van der Waals surface area contributed by atoms with Crippen molar-refractivity contribution in [2.45, 2.75) is 412 Å². The number of ether oxygens (including phenoxy) is 3. The van der Waals surface area contributed by atoms with Crippen LogP contribution in [0.15, 0.2) is 12.2 Å². The van der Waals surface area contributed by atoms with Crippen LogP contribution in [0.25, 0.3) is 0 Å². The molecule has 1 atom stereocenters. The second kappa shape index (κ2) is 66.7. The van der Waals surface area contributed by atoms with Gasteiger partial charge in [-0.2, -0.15) is 0 Å². The molecule has 0 aromatic rings. The smallest absolute Gasteiger partial charge is 0.306 e. The molecule has 0 heterocycles. The molecule has 0 aliphatic carbocycles. The summed E-state index contributed by atoms with van der Waals surface area (Å²) in [5, 5.41) is 0. The molecule has 0 saturated heterocycles. The molecule has 0 rings (SSSR count). The van der Waals surface area contributed by atoms with Crippen molar-refractivity contribution in [3.63, 3.8) is 0 Å². The summed E-state index contributed by atoms with van der Waals surface area (Å²) >= 11 is 0. The Balaban J connectivity index is 3.87. The van der Waals surface area contributed by atoms with Gasteiger partial charge in [0, 0.05) is 19.3 Å². The molecule has 0 aliphatic heterocycles. The van der Waals surface area contributed by atoms with Crippen LogP contribution in [0.3, 0.4) is 0 Å². The van der Waals surface area contributed by atoms with E-state index < -0.39 is 6.10 Å². The predicted molar refractivity (Wildman–Crippen MR) is 335 cm³/mol. The van der Waals surface area contributed by atoms with Crippen LogP contribution in [-0.2, 0) is 28.6 Å². The van der Waals surface area contributed by atoms with Crippen molar-refractivity contribution in [3.8, 4) is 0 Å². The molecule has 0 aliphatic rings. The molecule has 0 aromatic carbocycles. The lowest BCUT2D eigenvalue weighted by atomic mass is 10.0. The first-order valence-electron chi connectivity index (χ1n) is 35.2. The van der Waals surface area contributed by atoms with Crippen LogP contribution in [0, 0.1) is 0 Å². The Hall–Kier alpha value is -1.85. The zero-order valence-corrected chi connectivity index (χ0v) is 52.5. The van der Waals surface area contributed by atoms with Gasteiger partial charge in [0.2, 0.25) is 0 Å². The van der Waals surface area contributed by atoms with E-state index in [1.165, 1.54) is 308 Å². The molecule has 0 aromatic heterocycles. The number of esters is 3. The number of hydrogen-bond acceptors (Lipinski definition) is 6. The van der Waals surface area contributed by atoms with Crippen LogP contribution in [0.2, 0.25) is 0 Å². The van der Waals surface area contributed by atoms with Crippen LogP contribution < -0.4 is 0 Å². The van der Waals surface area contributed by atoms with Gasteiger partial charge in [-0.1, -0.05) is 354 Å². The first kappa shape index (κ1) is 75.2. The molecule has 0 spiro atoms. The largest absolute Gasteiger partial charge is 0.462 e. The Labute approximate surface area is 481 Å². The third kappa shape index (κ3) is 64.9. The minimum atomic E-state index is -0.762. The molecule has 1 unspecified atom stereocenters. The SMILES string of the molecule is CCCCCCCCCC/C=C\CCCCCCCCCCCCCCCCCCCCCCCCCC(=O)OCC(COC(=O)CCCCCCCC)OC(=O)CCCCCCCCCCCCCCCCCCCC. The molecular formula is C71H136O6. The highest BCUT2D eigenvalue weighted by Crippen LogP contribution is 2.19. The van der Waals surface area contributed by atoms with E-state index in [0.29, 0.717) is 19.3 Å². The lowest BCUT2D eigenvalue weighted by Gasteiger charge is -2.18. The number of carbonyl (C=O) groups is 3. The van der Waals surface area contributed by atoms with E-state index >= 15 is 0 Å². The van der Waals surface area contributed by atoms with Crippen molar-refractivity contribution in [1.82, 2.24) is 0 Å².